The van der Waals surface area contributed by atoms with Crippen molar-refractivity contribution in [2.45, 2.75) is 289 Å². The first-order chi connectivity index (χ1) is 34.5. The van der Waals surface area contributed by atoms with Crippen LogP contribution in [0.25, 0.3) is 0 Å². The van der Waals surface area contributed by atoms with Gasteiger partial charge in [0.05, 0.1) is 39.9 Å². The zero-order valence-corrected chi connectivity index (χ0v) is 48.4. The Morgan fingerprint density at radius 2 is 0.859 bits per heavy atom. The van der Waals surface area contributed by atoms with E-state index < -0.39 is 20.0 Å². The molecule has 8 nitrogen and oxygen atoms in total. The number of aliphatic hydroxyl groups is 1. The molecule has 0 aromatic carbocycles. The van der Waals surface area contributed by atoms with Gasteiger partial charge in [0.2, 0.25) is 5.91 Å². The van der Waals surface area contributed by atoms with Crippen LogP contribution in [0.2, 0.25) is 0 Å². The molecule has 0 aliphatic rings. The van der Waals surface area contributed by atoms with E-state index in [0.29, 0.717) is 17.4 Å². The Morgan fingerprint density at radius 1 is 0.493 bits per heavy atom. The van der Waals surface area contributed by atoms with E-state index in [1.165, 1.54) is 199 Å². The van der Waals surface area contributed by atoms with Gasteiger partial charge in [-0.15, -0.1) is 0 Å². The summed E-state index contributed by atoms with van der Waals surface area (Å²) in [4.78, 5) is 23.2. The summed E-state index contributed by atoms with van der Waals surface area (Å²) in [7, 11) is 1.54. The highest BCUT2D eigenvalue weighted by atomic mass is 31.2. The lowest BCUT2D eigenvalue weighted by molar-refractivity contribution is -0.870. The molecule has 416 valence electrons. The Labute approximate surface area is 441 Å². The Morgan fingerprint density at radius 3 is 1.27 bits per heavy atom. The quantitative estimate of drug-likeness (QED) is 0.0243. The fourth-order valence-electron chi connectivity index (χ4n) is 8.76. The summed E-state index contributed by atoms with van der Waals surface area (Å²) in [5.41, 5.74) is 0. The summed E-state index contributed by atoms with van der Waals surface area (Å²) in [5, 5.41) is 13.8. The number of carbonyl (C=O) groups is 1. The number of hydrogen-bond donors (Lipinski definition) is 3. The summed E-state index contributed by atoms with van der Waals surface area (Å²) in [6.45, 7) is 4.67. The lowest BCUT2D eigenvalue weighted by Gasteiger charge is -2.25. The van der Waals surface area contributed by atoms with Crippen molar-refractivity contribution in [1.82, 2.24) is 5.32 Å². The van der Waals surface area contributed by atoms with E-state index in [1.807, 2.05) is 27.2 Å². The Hall–Kier alpha value is -1.80. The molecule has 0 aromatic rings. The van der Waals surface area contributed by atoms with Gasteiger partial charge in [-0.2, -0.15) is 0 Å². The van der Waals surface area contributed by atoms with Crippen molar-refractivity contribution in [1.29, 1.82) is 0 Å². The van der Waals surface area contributed by atoms with Crippen molar-refractivity contribution in [3.8, 4) is 0 Å². The molecule has 0 aromatic heterocycles. The van der Waals surface area contributed by atoms with Crippen molar-refractivity contribution in [3.63, 3.8) is 0 Å². The molecule has 9 heteroatoms. The first-order valence-electron chi connectivity index (χ1n) is 30.2. The van der Waals surface area contributed by atoms with Gasteiger partial charge in [-0.05, 0) is 70.6 Å². The monoisotopic (exact) mass is 1020 g/mol. The molecule has 0 rings (SSSR count). The Balaban J connectivity index is 3.86. The highest BCUT2D eigenvalue weighted by molar-refractivity contribution is 7.47. The van der Waals surface area contributed by atoms with Gasteiger partial charge >= 0.3 is 7.82 Å². The van der Waals surface area contributed by atoms with Crippen LogP contribution in [0, 0.1) is 0 Å². The number of likely N-dealkylation sites (N-methyl/N-ethyl adjacent to an activating group) is 1. The van der Waals surface area contributed by atoms with Gasteiger partial charge in [-0.1, -0.05) is 261 Å². The Kier molecular flexibility index (Phi) is 51.7. The van der Waals surface area contributed by atoms with Crippen molar-refractivity contribution < 1.29 is 32.9 Å². The number of nitrogens with zero attached hydrogens (tertiary/aromatic N) is 1. The topological polar surface area (TPSA) is 105 Å². The second-order valence-electron chi connectivity index (χ2n) is 21.7. The van der Waals surface area contributed by atoms with Crippen LogP contribution in [0.3, 0.4) is 0 Å². The predicted octanol–water partition coefficient (Wildman–Crippen LogP) is 18.5. The van der Waals surface area contributed by atoms with Gasteiger partial charge in [-0.3, -0.25) is 13.8 Å². The summed E-state index contributed by atoms with van der Waals surface area (Å²) >= 11 is 0. The summed E-state index contributed by atoms with van der Waals surface area (Å²) < 4.78 is 23.6. The number of quaternary nitrogens is 1. The number of carbonyl (C=O) groups excluding carboxylic acids is 1. The van der Waals surface area contributed by atoms with Gasteiger partial charge in [-0.25, -0.2) is 4.57 Å². The number of hydrogen-bond acceptors (Lipinski definition) is 5. The van der Waals surface area contributed by atoms with E-state index in [2.05, 4.69) is 67.8 Å². The molecule has 1 amide bonds. The number of phosphoric ester groups is 1. The summed E-state index contributed by atoms with van der Waals surface area (Å²) in [6.07, 6.45) is 72.4. The lowest BCUT2D eigenvalue weighted by Crippen LogP contribution is -2.45. The third-order valence-electron chi connectivity index (χ3n) is 13.4. The van der Waals surface area contributed by atoms with Crippen molar-refractivity contribution in [3.05, 3.63) is 60.8 Å². The zero-order chi connectivity index (χ0) is 52.0. The SMILES string of the molecule is CC/C=C/CC/C=C/CC/C=C/C(O)C(COP(=O)(O)OCC[N+](C)(C)C)NC(=O)CCCCCCCCCCCCCCCCCCC/C=C\C/C=C\CCCCCCCCCCCCCCCCC. The molecule has 0 aliphatic carbocycles. The lowest BCUT2D eigenvalue weighted by atomic mass is 10.0. The standard InChI is InChI=1S/C62H117N2O6P/c1-6-8-10-12-14-16-18-19-20-21-22-23-24-25-26-27-28-29-30-31-32-33-34-35-36-37-38-39-40-41-42-43-44-45-46-48-50-52-54-56-62(66)63-60(59-70-71(67,68)69-58-57-64(3,4)5)61(65)55-53-51-49-47-17-15-13-11-9-7-2/h9,11,17,28-29,31-32,47,53,55,60-61,65H,6-8,10,12-16,18-27,30,33-46,48-52,54,56-59H2,1-5H3,(H-,63,66,67,68)/p+1/b11-9+,29-28-,32-31-,47-17+,55-53+. The molecule has 0 spiro atoms. The molecular weight excluding hydrogens is 900 g/mol. The van der Waals surface area contributed by atoms with Crippen LogP contribution in [-0.4, -0.2) is 73.4 Å². The number of aliphatic hydroxyl groups excluding tert-OH is 1. The van der Waals surface area contributed by atoms with E-state index >= 15 is 0 Å². The molecule has 0 radical (unpaired) electrons. The number of rotatable bonds is 55. The average Bonchev–Trinajstić information content (AvgIpc) is 3.33. The summed E-state index contributed by atoms with van der Waals surface area (Å²) in [6, 6.07) is -0.869. The number of allylic oxidation sites excluding steroid dienone is 9. The van der Waals surface area contributed by atoms with Crippen molar-refractivity contribution in [2.24, 2.45) is 0 Å². The van der Waals surface area contributed by atoms with Crippen molar-refractivity contribution in [2.75, 3.05) is 40.9 Å². The molecule has 0 saturated carbocycles. The van der Waals surface area contributed by atoms with Crippen molar-refractivity contribution >= 4 is 13.7 Å². The van der Waals surface area contributed by atoms with E-state index in [9.17, 15) is 19.4 Å². The first kappa shape index (κ1) is 69.2. The van der Waals surface area contributed by atoms with E-state index in [4.69, 9.17) is 9.05 Å². The fourth-order valence-corrected chi connectivity index (χ4v) is 9.50. The van der Waals surface area contributed by atoms with Gasteiger partial charge in [0.15, 0.2) is 0 Å². The molecule has 0 aliphatic heterocycles. The summed E-state index contributed by atoms with van der Waals surface area (Å²) in [5.74, 6) is -0.192. The Bertz CT molecular complexity index is 1340. The maximum Gasteiger partial charge on any atom is 0.472 e. The van der Waals surface area contributed by atoms with E-state index in [-0.39, 0.29) is 19.1 Å². The second-order valence-corrected chi connectivity index (χ2v) is 23.1. The maximum absolute atomic E-state index is 12.9. The average molecular weight is 1020 g/mol. The second kappa shape index (κ2) is 53.0. The minimum atomic E-state index is -4.35. The van der Waals surface area contributed by atoms with Crippen LogP contribution in [0.4, 0.5) is 0 Å². The molecule has 3 unspecified atom stereocenters. The number of nitrogens with one attached hydrogen (secondary N) is 1. The molecule has 3 N–H and O–H groups in total. The largest absolute Gasteiger partial charge is 0.472 e. The van der Waals surface area contributed by atoms with Crippen LogP contribution < -0.4 is 5.32 Å². The molecule has 71 heavy (non-hydrogen) atoms. The zero-order valence-electron chi connectivity index (χ0n) is 47.5. The normalized spacial score (nSPS) is 14.3. The number of unbranched alkanes of at least 4 members (excludes halogenated alkanes) is 34. The smallest absolute Gasteiger partial charge is 0.387 e. The third kappa shape index (κ3) is 55.8. The molecule has 0 saturated heterocycles. The molecular formula is C62H118N2O6P+. The number of amides is 1. The minimum absolute atomic E-state index is 0.0523. The number of phosphoric acid groups is 1. The van der Waals surface area contributed by atoms with E-state index in [1.54, 1.807) is 6.08 Å². The molecule has 0 fully saturated rings. The van der Waals surface area contributed by atoms with Crippen LogP contribution in [0.1, 0.15) is 277 Å². The van der Waals surface area contributed by atoms with Crippen LogP contribution in [-0.2, 0) is 18.4 Å². The van der Waals surface area contributed by atoms with E-state index in [0.717, 1.165) is 57.8 Å². The van der Waals surface area contributed by atoms with Gasteiger partial charge in [0.1, 0.15) is 13.2 Å². The van der Waals surface area contributed by atoms with Crippen LogP contribution >= 0.6 is 7.82 Å². The van der Waals surface area contributed by atoms with Gasteiger partial charge < -0.3 is 19.8 Å². The van der Waals surface area contributed by atoms with Gasteiger partial charge in [0, 0.05) is 6.42 Å². The fraction of sp³-hybridized carbons (Fsp3) is 0.823. The van der Waals surface area contributed by atoms with Crippen LogP contribution in [0.15, 0.2) is 60.8 Å². The first-order valence-corrected chi connectivity index (χ1v) is 31.7. The molecule has 3 atom stereocenters. The molecule has 0 bridgehead atoms. The van der Waals surface area contributed by atoms with Crippen LogP contribution in [0.5, 0.6) is 0 Å². The highest BCUT2D eigenvalue weighted by Gasteiger charge is 2.27. The maximum atomic E-state index is 12.9. The minimum Gasteiger partial charge on any atom is -0.387 e. The highest BCUT2D eigenvalue weighted by Crippen LogP contribution is 2.43. The third-order valence-corrected chi connectivity index (χ3v) is 14.4. The molecule has 0 heterocycles. The predicted molar refractivity (Wildman–Crippen MR) is 309 cm³/mol. The van der Waals surface area contributed by atoms with Gasteiger partial charge in [0.25, 0.3) is 0 Å².